The molecule has 4 rings (SSSR count). The molecule has 160 valence electrons. The van der Waals surface area contributed by atoms with E-state index >= 15 is 0 Å². The van der Waals surface area contributed by atoms with E-state index in [2.05, 4.69) is 64.9 Å². The number of rotatable bonds is 9. The number of para-hydroxylation sites is 2. The lowest BCUT2D eigenvalue weighted by molar-refractivity contribution is 0.280. The van der Waals surface area contributed by atoms with Gasteiger partial charge in [0.1, 0.15) is 11.6 Å². The van der Waals surface area contributed by atoms with Crippen LogP contribution in [-0.2, 0) is 13.0 Å². The number of nitrogens with zero attached hydrogens (tertiary/aromatic N) is 3. The largest absolute Gasteiger partial charge is 0.494 e. The molecule has 1 aromatic heterocycles. The molecule has 0 N–H and O–H groups in total. The highest BCUT2D eigenvalue weighted by atomic mass is 16.5. The van der Waals surface area contributed by atoms with Gasteiger partial charge >= 0.3 is 0 Å². The van der Waals surface area contributed by atoms with Crippen molar-refractivity contribution in [3.63, 3.8) is 0 Å². The van der Waals surface area contributed by atoms with Crippen molar-refractivity contribution < 1.29 is 4.74 Å². The first-order valence-electron chi connectivity index (χ1n) is 11.7. The molecule has 0 radical (unpaired) electrons. The van der Waals surface area contributed by atoms with Gasteiger partial charge in [-0.15, -0.1) is 0 Å². The summed E-state index contributed by atoms with van der Waals surface area (Å²) in [6, 6.07) is 16.8. The van der Waals surface area contributed by atoms with Gasteiger partial charge in [-0.05, 0) is 76.5 Å². The number of benzene rings is 2. The van der Waals surface area contributed by atoms with Crippen molar-refractivity contribution in [3.05, 3.63) is 59.9 Å². The Kier molecular flexibility index (Phi) is 7.41. The molecule has 4 nitrogen and oxygen atoms in total. The number of ether oxygens (including phenoxy) is 1. The van der Waals surface area contributed by atoms with Crippen LogP contribution in [0.5, 0.6) is 5.75 Å². The van der Waals surface area contributed by atoms with Crippen LogP contribution in [0.4, 0.5) is 0 Å². The third kappa shape index (κ3) is 5.63. The Labute approximate surface area is 180 Å². The second kappa shape index (κ2) is 10.6. The van der Waals surface area contributed by atoms with E-state index in [1.165, 1.54) is 68.6 Å². The SMILES string of the molecule is Cc1ccc(OCCCn2c(CCCN3CCCCCC3)nc3ccccc32)cc1. The summed E-state index contributed by atoms with van der Waals surface area (Å²) in [6.07, 6.45) is 8.73. The fourth-order valence-electron chi connectivity index (χ4n) is 4.43. The van der Waals surface area contributed by atoms with E-state index in [1.54, 1.807) is 0 Å². The van der Waals surface area contributed by atoms with Crippen molar-refractivity contribution in [2.45, 2.75) is 58.4 Å². The zero-order valence-corrected chi connectivity index (χ0v) is 18.4. The lowest BCUT2D eigenvalue weighted by atomic mass is 10.2. The molecule has 0 bridgehead atoms. The van der Waals surface area contributed by atoms with Crippen LogP contribution < -0.4 is 4.74 Å². The van der Waals surface area contributed by atoms with E-state index in [0.29, 0.717) is 0 Å². The minimum Gasteiger partial charge on any atom is -0.494 e. The molecule has 1 fully saturated rings. The Bertz CT molecular complexity index is 908. The van der Waals surface area contributed by atoms with Gasteiger partial charge in [-0.25, -0.2) is 4.98 Å². The van der Waals surface area contributed by atoms with E-state index in [0.717, 1.165) is 37.3 Å². The number of imidazole rings is 1. The molecule has 0 aliphatic carbocycles. The van der Waals surface area contributed by atoms with Crippen LogP contribution in [0.25, 0.3) is 11.0 Å². The third-order valence-corrected chi connectivity index (χ3v) is 6.12. The Morgan fingerprint density at radius 1 is 0.867 bits per heavy atom. The first-order chi connectivity index (χ1) is 14.8. The maximum absolute atomic E-state index is 5.94. The number of fused-ring (bicyclic) bond motifs is 1. The van der Waals surface area contributed by atoms with Gasteiger partial charge in [0.15, 0.2) is 0 Å². The normalized spacial score (nSPS) is 15.4. The summed E-state index contributed by atoms with van der Waals surface area (Å²) < 4.78 is 8.36. The quantitative estimate of drug-likeness (QED) is 0.433. The fourth-order valence-corrected chi connectivity index (χ4v) is 4.43. The summed E-state index contributed by atoms with van der Waals surface area (Å²) in [7, 11) is 0. The topological polar surface area (TPSA) is 30.3 Å². The van der Waals surface area contributed by atoms with Crippen LogP contribution >= 0.6 is 0 Å². The Balaban J connectivity index is 1.34. The van der Waals surface area contributed by atoms with E-state index < -0.39 is 0 Å². The van der Waals surface area contributed by atoms with Crippen LogP contribution in [0.2, 0.25) is 0 Å². The maximum Gasteiger partial charge on any atom is 0.119 e. The van der Waals surface area contributed by atoms with Crippen molar-refractivity contribution >= 4 is 11.0 Å². The van der Waals surface area contributed by atoms with E-state index in [1.807, 2.05) is 0 Å². The van der Waals surface area contributed by atoms with E-state index in [-0.39, 0.29) is 0 Å². The van der Waals surface area contributed by atoms with Gasteiger partial charge in [0, 0.05) is 13.0 Å². The van der Waals surface area contributed by atoms with Gasteiger partial charge < -0.3 is 14.2 Å². The van der Waals surface area contributed by atoms with Crippen LogP contribution in [-0.4, -0.2) is 40.7 Å². The second-order valence-electron chi connectivity index (χ2n) is 8.54. The lowest BCUT2D eigenvalue weighted by Gasteiger charge is -2.19. The predicted molar refractivity (Wildman–Crippen MR) is 124 cm³/mol. The van der Waals surface area contributed by atoms with Crippen molar-refractivity contribution in [1.29, 1.82) is 0 Å². The summed E-state index contributed by atoms with van der Waals surface area (Å²) in [4.78, 5) is 7.61. The van der Waals surface area contributed by atoms with Crippen LogP contribution in [0, 0.1) is 6.92 Å². The molecule has 0 unspecified atom stereocenters. The second-order valence-corrected chi connectivity index (χ2v) is 8.54. The van der Waals surface area contributed by atoms with Crippen LogP contribution in [0.3, 0.4) is 0 Å². The lowest BCUT2D eigenvalue weighted by Crippen LogP contribution is -2.26. The van der Waals surface area contributed by atoms with Crippen LogP contribution in [0.15, 0.2) is 48.5 Å². The average Bonchev–Trinajstić information content (AvgIpc) is 2.92. The molecule has 0 amide bonds. The molecule has 30 heavy (non-hydrogen) atoms. The molecule has 0 saturated carbocycles. The first kappa shape index (κ1) is 20.9. The summed E-state index contributed by atoms with van der Waals surface area (Å²) in [6.45, 7) is 7.51. The molecular formula is C26H35N3O. The fraction of sp³-hybridized carbons (Fsp3) is 0.500. The molecule has 1 saturated heterocycles. The van der Waals surface area contributed by atoms with Gasteiger partial charge in [-0.1, -0.05) is 42.7 Å². The van der Waals surface area contributed by atoms with Crippen LogP contribution in [0.1, 0.15) is 49.9 Å². The smallest absolute Gasteiger partial charge is 0.119 e. The highest BCUT2D eigenvalue weighted by molar-refractivity contribution is 5.75. The summed E-state index contributed by atoms with van der Waals surface area (Å²) in [5.41, 5.74) is 3.62. The molecule has 0 spiro atoms. The van der Waals surface area contributed by atoms with Crippen molar-refractivity contribution in [2.75, 3.05) is 26.2 Å². The highest BCUT2D eigenvalue weighted by Crippen LogP contribution is 2.19. The summed E-state index contributed by atoms with van der Waals surface area (Å²) >= 11 is 0. The third-order valence-electron chi connectivity index (χ3n) is 6.12. The molecule has 1 aliphatic rings. The standard InChI is InChI=1S/C26H35N3O/c1-22-13-15-23(16-14-22)30-21-9-20-29-25-11-5-4-10-24(25)27-26(29)12-8-19-28-17-6-2-3-7-18-28/h4-5,10-11,13-16H,2-3,6-9,12,17-21H2,1H3. The van der Waals surface area contributed by atoms with E-state index in [4.69, 9.17) is 9.72 Å². The molecule has 3 aromatic rings. The Morgan fingerprint density at radius 2 is 1.63 bits per heavy atom. The minimum atomic E-state index is 0.725. The number of hydrogen-bond acceptors (Lipinski definition) is 3. The van der Waals surface area contributed by atoms with E-state index in [9.17, 15) is 0 Å². The van der Waals surface area contributed by atoms with Gasteiger partial charge in [0.05, 0.1) is 17.6 Å². The molecule has 0 atom stereocenters. The summed E-state index contributed by atoms with van der Waals surface area (Å²) in [5.74, 6) is 2.18. The zero-order chi connectivity index (χ0) is 20.6. The van der Waals surface area contributed by atoms with Gasteiger partial charge in [-0.3, -0.25) is 0 Å². The van der Waals surface area contributed by atoms with Crippen molar-refractivity contribution in [1.82, 2.24) is 14.5 Å². The highest BCUT2D eigenvalue weighted by Gasteiger charge is 2.12. The maximum atomic E-state index is 5.94. The monoisotopic (exact) mass is 405 g/mol. The predicted octanol–water partition coefficient (Wildman–Crippen LogP) is 5.62. The number of aromatic nitrogens is 2. The Morgan fingerprint density at radius 3 is 2.43 bits per heavy atom. The first-order valence-corrected chi connectivity index (χ1v) is 11.7. The molecule has 1 aliphatic heterocycles. The average molecular weight is 406 g/mol. The van der Waals surface area contributed by atoms with Crippen molar-refractivity contribution in [2.24, 2.45) is 0 Å². The molecular weight excluding hydrogens is 370 g/mol. The molecule has 2 aromatic carbocycles. The Hall–Kier alpha value is -2.33. The van der Waals surface area contributed by atoms with Gasteiger partial charge in [0.25, 0.3) is 0 Å². The van der Waals surface area contributed by atoms with Gasteiger partial charge in [0.2, 0.25) is 0 Å². The zero-order valence-electron chi connectivity index (χ0n) is 18.4. The minimum absolute atomic E-state index is 0.725. The van der Waals surface area contributed by atoms with Crippen molar-refractivity contribution in [3.8, 4) is 5.75 Å². The van der Waals surface area contributed by atoms with Gasteiger partial charge in [-0.2, -0.15) is 0 Å². The number of aryl methyl sites for hydroxylation is 3. The molecule has 2 heterocycles. The molecule has 4 heteroatoms. The number of likely N-dealkylation sites (tertiary alicyclic amines) is 1. The number of hydrogen-bond donors (Lipinski definition) is 0. The summed E-state index contributed by atoms with van der Waals surface area (Å²) in [5, 5.41) is 0.